The summed E-state index contributed by atoms with van der Waals surface area (Å²) < 4.78 is 5.32. The number of hydrogen-bond donors (Lipinski definition) is 2. The quantitative estimate of drug-likeness (QED) is 0.797. The standard InChI is InChI=1S/C15H22N2O2/c1-12-3-5-14(6-4-12)11-16-15(18)13(2)17-7-9-19-10-8-17/h3-6,13H,7-11H2,1-2H3,(H,16,18)/p+1/t13-/m1/s1. The fourth-order valence-electron chi connectivity index (χ4n) is 2.30. The summed E-state index contributed by atoms with van der Waals surface area (Å²) in [5.74, 6) is 0.123. The average molecular weight is 263 g/mol. The number of quaternary nitrogens is 1. The minimum Gasteiger partial charge on any atom is -0.370 e. The molecule has 0 unspecified atom stereocenters. The maximum Gasteiger partial charge on any atom is 0.278 e. The molecule has 1 amide bonds. The molecule has 1 fully saturated rings. The molecular weight excluding hydrogens is 240 g/mol. The van der Waals surface area contributed by atoms with E-state index in [-0.39, 0.29) is 11.9 Å². The van der Waals surface area contributed by atoms with E-state index in [1.165, 1.54) is 10.5 Å². The molecule has 104 valence electrons. The molecule has 4 heteroatoms. The van der Waals surface area contributed by atoms with Crippen LogP contribution in [0.15, 0.2) is 24.3 Å². The summed E-state index contributed by atoms with van der Waals surface area (Å²) in [5, 5.41) is 3.01. The summed E-state index contributed by atoms with van der Waals surface area (Å²) in [6.45, 7) is 8.00. The molecule has 1 aliphatic rings. The van der Waals surface area contributed by atoms with E-state index >= 15 is 0 Å². The fourth-order valence-corrected chi connectivity index (χ4v) is 2.30. The topological polar surface area (TPSA) is 42.8 Å². The molecule has 0 aromatic heterocycles. The highest BCUT2D eigenvalue weighted by Gasteiger charge is 2.26. The monoisotopic (exact) mass is 263 g/mol. The highest BCUT2D eigenvalue weighted by atomic mass is 16.5. The van der Waals surface area contributed by atoms with Gasteiger partial charge in [0.2, 0.25) is 0 Å². The molecule has 0 saturated carbocycles. The summed E-state index contributed by atoms with van der Waals surface area (Å²) >= 11 is 0. The number of ether oxygens (including phenoxy) is 1. The van der Waals surface area contributed by atoms with Crippen LogP contribution in [-0.4, -0.2) is 38.3 Å². The molecule has 0 radical (unpaired) electrons. The van der Waals surface area contributed by atoms with Crippen LogP contribution >= 0.6 is 0 Å². The van der Waals surface area contributed by atoms with E-state index in [9.17, 15) is 4.79 Å². The molecule has 0 aliphatic carbocycles. The van der Waals surface area contributed by atoms with Crippen LogP contribution in [0.3, 0.4) is 0 Å². The summed E-state index contributed by atoms with van der Waals surface area (Å²) in [4.78, 5) is 13.4. The van der Waals surface area contributed by atoms with Gasteiger partial charge in [0.05, 0.1) is 13.2 Å². The Hall–Kier alpha value is -1.39. The van der Waals surface area contributed by atoms with Crippen molar-refractivity contribution in [3.63, 3.8) is 0 Å². The molecule has 1 atom stereocenters. The minimum atomic E-state index is -0.00523. The molecule has 1 aromatic rings. The maximum atomic E-state index is 12.1. The zero-order chi connectivity index (χ0) is 13.7. The Morgan fingerprint density at radius 3 is 2.58 bits per heavy atom. The Morgan fingerprint density at radius 2 is 1.95 bits per heavy atom. The van der Waals surface area contributed by atoms with Crippen molar-refractivity contribution < 1.29 is 14.4 Å². The van der Waals surface area contributed by atoms with Crippen LogP contribution in [0, 0.1) is 6.92 Å². The van der Waals surface area contributed by atoms with E-state index in [4.69, 9.17) is 4.74 Å². The van der Waals surface area contributed by atoms with Crippen molar-refractivity contribution in [2.24, 2.45) is 0 Å². The van der Waals surface area contributed by atoms with Gasteiger partial charge < -0.3 is 15.0 Å². The van der Waals surface area contributed by atoms with Gasteiger partial charge in [0, 0.05) is 6.54 Å². The van der Waals surface area contributed by atoms with E-state index in [1.54, 1.807) is 0 Å². The first kappa shape index (κ1) is 14.0. The largest absolute Gasteiger partial charge is 0.370 e. The van der Waals surface area contributed by atoms with Crippen molar-refractivity contribution in [2.45, 2.75) is 26.4 Å². The lowest BCUT2D eigenvalue weighted by Crippen LogP contribution is -3.18. The van der Waals surface area contributed by atoms with Crippen molar-refractivity contribution in [1.82, 2.24) is 5.32 Å². The van der Waals surface area contributed by atoms with Gasteiger partial charge in [0.1, 0.15) is 13.1 Å². The van der Waals surface area contributed by atoms with Crippen LogP contribution in [0.25, 0.3) is 0 Å². The third-order valence-electron chi connectivity index (χ3n) is 3.73. The van der Waals surface area contributed by atoms with Crippen molar-refractivity contribution in [1.29, 1.82) is 0 Å². The van der Waals surface area contributed by atoms with Crippen molar-refractivity contribution in [3.8, 4) is 0 Å². The van der Waals surface area contributed by atoms with Crippen LogP contribution in [-0.2, 0) is 16.1 Å². The molecule has 0 bridgehead atoms. The minimum absolute atomic E-state index is 0.00523. The summed E-state index contributed by atoms with van der Waals surface area (Å²) in [6.07, 6.45) is 0. The average Bonchev–Trinajstić information content (AvgIpc) is 2.46. The number of morpholine rings is 1. The van der Waals surface area contributed by atoms with Gasteiger partial charge in [-0.15, -0.1) is 0 Å². The van der Waals surface area contributed by atoms with E-state index < -0.39 is 0 Å². The van der Waals surface area contributed by atoms with Gasteiger partial charge in [-0.25, -0.2) is 0 Å². The predicted molar refractivity (Wildman–Crippen MR) is 74.0 cm³/mol. The number of carbonyl (C=O) groups excluding carboxylic acids is 1. The zero-order valence-corrected chi connectivity index (χ0v) is 11.7. The third kappa shape index (κ3) is 4.04. The Bertz CT molecular complexity index is 411. The molecule has 1 aliphatic heterocycles. The number of hydrogen-bond acceptors (Lipinski definition) is 2. The lowest BCUT2D eigenvalue weighted by atomic mass is 10.1. The highest BCUT2D eigenvalue weighted by molar-refractivity contribution is 5.79. The Kier molecular flexibility index (Phi) is 4.93. The van der Waals surface area contributed by atoms with Crippen molar-refractivity contribution in [3.05, 3.63) is 35.4 Å². The molecule has 0 spiro atoms. The van der Waals surface area contributed by atoms with Gasteiger partial charge in [0.15, 0.2) is 6.04 Å². The Balaban J connectivity index is 1.81. The van der Waals surface area contributed by atoms with Gasteiger partial charge in [-0.2, -0.15) is 0 Å². The number of aryl methyl sites for hydroxylation is 1. The lowest BCUT2D eigenvalue weighted by molar-refractivity contribution is -0.921. The SMILES string of the molecule is Cc1ccc(CNC(=O)[C@@H](C)[NH+]2CCOCC2)cc1. The van der Waals surface area contributed by atoms with E-state index in [1.807, 2.05) is 6.92 Å². The fraction of sp³-hybridized carbons (Fsp3) is 0.533. The second-order valence-corrected chi connectivity index (χ2v) is 5.20. The molecule has 1 heterocycles. The molecule has 19 heavy (non-hydrogen) atoms. The number of nitrogens with one attached hydrogen (secondary N) is 2. The van der Waals surface area contributed by atoms with Crippen LogP contribution in [0.4, 0.5) is 0 Å². The first-order valence-electron chi connectivity index (χ1n) is 6.92. The highest BCUT2D eigenvalue weighted by Crippen LogP contribution is 2.02. The van der Waals surface area contributed by atoms with Gasteiger partial charge >= 0.3 is 0 Å². The summed E-state index contributed by atoms with van der Waals surface area (Å²) in [6, 6.07) is 8.24. The lowest BCUT2D eigenvalue weighted by Gasteiger charge is -2.28. The number of benzene rings is 1. The van der Waals surface area contributed by atoms with Gasteiger partial charge in [-0.3, -0.25) is 4.79 Å². The zero-order valence-electron chi connectivity index (χ0n) is 11.7. The summed E-state index contributed by atoms with van der Waals surface area (Å²) in [7, 11) is 0. The van der Waals surface area contributed by atoms with Gasteiger partial charge in [-0.1, -0.05) is 29.8 Å². The van der Waals surface area contributed by atoms with E-state index in [0.29, 0.717) is 6.54 Å². The Labute approximate surface area is 114 Å². The smallest absolute Gasteiger partial charge is 0.278 e. The molecule has 1 aromatic carbocycles. The Morgan fingerprint density at radius 1 is 1.32 bits per heavy atom. The summed E-state index contributed by atoms with van der Waals surface area (Å²) in [5.41, 5.74) is 2.38. The van der Waals surface area contributed by atoms with Crippen molar-refractivity contribution in [2.75, 3.05) is 26.3 Å². The molecule has 1 saturated heterocycles. The molecule has 4 nitrogen and oxygen atoms in total. The molecule has 2 N–H and O–H groups in total. The van der Waals surface area contributed by atoms with E-state index in [2.05, 4.69) is 36.5 Å². The van der Waals surface area contributed by atoms with Crippen LogP contribution in [0.5, 0.6) is 0 Å². The maximum absolute atomic E-state index is 12.1. The third-order valence-corrected chi connectivity index (χ3v) is 3.73. The number of rotatable bonds is 4. The first-order valence-corrected chi connectivity index (χ1v) is 6.92. The second kappa shape index (κ2) is 6.68. The number of amides is 1. The van der Waals surface area contributed by atoms with Crippen molar-refractivity contribution >= 4 is 5.91 Å². The van der Waals surface area contributed by atoms with Gasteiger partial charge in [-0.05, 0) is 19.4 Å². The predicted octanol–water partition coefficient (Wildman–Crippen LogP) is -0.0852. The van der Waals surface area contributed by atoms with Crippen LogP contribution in [0.2, 0.25) is 0 Å². The van der Waals surface area contributed by atoms with Crippen LogP contribution < -0.4 is 10.2 Å². The molecule has 2 rings (SSSR count). The normalized spacial score (nSPS) is 18.0. The van der Waals surface area contributed by atoms with Gasteiger partial charge in [0.25, 0.3) is 5.91 Å². The second-order valence-electron chi connectivity index (χ2n) is 5.20. The molecular formula is C15H23N2O2+. The first-order chi connectivity index (χ1) is 9.16. The van der Waals surface area contributed by atoms with Crippen LogP contribution in [0.1, 0.15) is 18.1 Å². The van der Waals surface area contributed by atoms with E-state index in [0.717, 1.165) is 31.9 Å². The number of carbonyl (C=O) groups is 1.